The van der Waals surface area contributed by atoms with E-state index in [0.717, 1.165) is 5.92 Å². The van der Waals surface area contributed by atoms with Gasteiger partial charge in [-0.3, -0.25) is 0 Å². The van der Waals surface area contributed by atoms with Gasteiger partial charge in [0.05, 0.1) is 5.54 Å². The molecule has 2 aliphatic carbocycles. The van der Waals surface area contributed by atoms with Gasteiger partial charge in [-0.1, -0.05) is 13.8 Å². The van der Waals surface area contributed by atoms with Crippen molar-refractivity contribution in [1.29, 1.82) is 0 Å². The molecule has 3 atom stereocenters. The maximum absolute atomic E-state index is 11.2. The Balaban J connectivity index is 2.02. The van der Waals surface area contributed by atoms with Crippen molar-refractivity contribution in [2.45, 2.75) is 38.6 Å². The minimum atomic E-state index is -0.217. The van der Waals surface area contributed by atoms with Crippen LogP contribution in [0.5, 0.6) is 0 Å². The van der Waals surface area contributed by atoms with Gasteiger partial charge in [0.15, 0.2) is 0 Å². The fraction of sp³-hybridized carbons (Fsp3) is 0.909. The molecule has 1 heterocycles. The maximum atomic E-state index is 11.2. The van der Waals surface area contributed by atoms with E-state index in [0.29, 0.717) is 12.5 Å². The number of hydrogen-bond donors (Lipinski definition) is 1. The Morgan fingerprint density at radius 2 is 2.07 bits per heavy atom. The summed E-state index contributed by atoms with van der Waals surface area (Å²) in [6.45, 7) is 5.15. The first-order valence-electron chi connectivity index (χ1n) is 5.51. The summed E-state index contributed by atoms with van der Waals surface area (Å²) in [7, 11) is 0. The lowest BCUT2D eigenvalue weighted by molar-refractivity contribution is 0.0550. The fourth-order valence-electron chi connectivity index (χ4n) is 3.98. The Morgan fingerprint density at radius 3 is 2.57 bits per heavy atom. The number of cyclic esters (lactones) is 1. The summed E-state index contributed by atoms with van der Waals surface area (Å²) >= 11 is 0. The van der Waals surface area contributed by atoms with Gasteiger partial charge in [0.25, 0.3) is 0 Å². The quantitative estimate of drug-likeness (QED) is 0.641. The number of nitrogens with one attached hydrogen (secondary N) is 1. The van der Waals surface area contributed by atoms with Crippen molar-refractivity contribution in [3.63, 3.8) is 0 Å². The third kappa shape index (κ3) is 0.733. The van der Waals surface area contributed by atoms with Crippen LogP contribution < -0.4 is 5.32 Å². The van der Waals surface area contributed by atoms with Crippen LogP contribution >= 0.6 is 0 Å². The summed E-state index contributed by atoms with van der Waals surface area (Å²) in [6.07, 6.45) is 3.65. The molecule has 3 nitrogen and oxygen atoms in total. The van der Waals surface area contributed by atoms with Crippen LogP contribution in [0, 0.1) is 17.3 Å². The fourth-order valence-corrected chi connectivity index (χ4v) is 3.98. The van der Waals surface area contributed by atoms with Crippen molar-refractivity contribution in [2.24, 2.45) is 17.3 Å². The molecule has 3 unspecified atom stereocenters. The van der Waals surface area contributed by atoms with Crippen molar-refractivity contribution < 1.29 is 9.53 Å². The largest absolute Gasteiger partial charge is 0.447 e. The van der Waals surface area contributed by atoms with Gasteiger partial charge in [-0.05, 0) is 36.5 Å². The van der Waals surface area contributed by atoms with Gasteiger partial charge in [-0.25, -0.2) is 4.79 Å². The molecule has 1 spiro atoms. The summed E-state index contributed by atoms with van der Waals surface area (Å²) in [5.74, 6) is 1.42. The van der Waals surface area contributed by atoms with Gasteiger partial charge < -0.3 is 10.1 Å². The first-order valence-corrected chi connectivity index (χ1v) is 5.51. The zero-order valence-electron chi connectivity index (χ0n) is 8.80. The molecule has 3 rings (SSSR count). The van der Waals surface area contributed by atoms with Crippen LogP contribution in [0.25, 0.3) is 0 Å². The lowest BCUT2D eigenvalue weighted by atomic mass is 9.64. The number of hydrogen-bond acceptors (Lipinski definition) is 2. The summed E-state index contributed by atoms with van der Waals surface area (Å²) < 4.78 is 5.13. The predicted molar refractivity (Wildman–Crippen MR) is 51.8 cm³/mol. The monoisotopic (exact) mass is 195 g/mol. The summed E-state index contributed by atoms with van der Waals surface area (Å²) in [6, 6.07) is 0. The molecule has 0 radical (unpaired) electrons. The van der Waals surface area contributed by atoms with E-state index in [4.69, 9.17) is 4.74 Å². The SMILES string of the molecule is CC1(C)C2CCC(C2)C12COC(=O)N2. The Morgan fingerprint density at radius 1 is 1.36 bits per heavy atom. The van der Waals surface area contributed by atoms with Gasteiger partial charge in [0.1, 0.15) is 6.61 Å². The zero-order valence-corrected chi connectivity index (χ0v) is 8.80. The molecular weight excluding hydrogens is 178 g/mol. The molecule has 3 aliphatic rings. The Kier molecular flexibility index (Phi) is 1.38. The van der Waals surface area contributed by atoms with Crippen molar-refractivity contribution >= 4 is 6.09 Å². The number of rotatable bonds is 0. The topological polar surface area (TPSA) is 38.3 Å². The van der Waals surface area contributed by atoms with Crippen LogP contribution in [-0.4, -0.2) is 18.2 Å². The van der Waals surface area contributed by atoms with Crippen molar-refractivity contribution in [3.05, 3.63) is 0 Å². The molecule has 1 amide bonds. The summed E-state index contributed by atoms with van der Waals surface area (Å²) in [4.78, 5) is 11.2. The van der Waals surface area contributed by atoms with Crippen LogP contribution in [0.3, 0.4) is 0 Å². The normalized spacial score (nSPS) is 48.3. The van der Waals surface area contributed by atoms with E-state index in [1.165, 1.54) is 19.3 Å². The Labute approximate surface area is 84.2 Å². The van der Waals surface area contributed by atoms with Gasteiger partial charge >= 0.3 is 6.09 Å². The third-order valence-corrected chi connectivity index (χ3v) is 5.06. The second kappa shape index (κ2) is 2.26. The zero-order chi connectivity index (χ0) is 9.97. The molecule has 1 N–H and O–H groups in total. The second-order valence-corrected chi connectivity index (χ2v) is 5.60. The number of amides is 1. The molecule has 2 bridgehead atoms. The molecule has 2 saturated carbocycles. The molecule has 0 aromatic heterocycles. The molecule has 3 fully saturated rings. The number of ether oxygens (including phenoxy) is 1. The van der Waals surface area contributed by atoms with Gasteiger partial charge in [0.2, 0.25) is 0 Å². The molecule has 78 valence electrons. The van der Waals surface area contributed by atoms with Crippen LogP contribution in [0.2, 0.25) is 0 Å². The van der Waals surface area contributed by atoms with Crippen LogP contribution in [0.15, 0.2) is 0 Å². The number of fused-ring (bicyclic) bond motifs is 3. The Hall–Kier alpha value is -0.730. The minimum Gasteiger partial charge on any atom is -0.447 e. The van der Waals surface area contributed by atoms with E-state index < -0.39 is 0 Å². The maximum Gasteiger partial charge on any atom is 0.407 e. The third-order valence-electron chi connectivity index (χ3n) is 5.06. The van der Waals surface area contributed by atoms with Crippen molar-refractivity contribution in [1.82, 2.24) is 5.32 Å². The van der Waals surface area contributed by atoms with E-state index in [1.54, 1.807) is 0 Å². The highest BCUT2D eigenvalue weighted by Crippen LogP contribution is 2.62. The molecule has 1 aliphatic heterocycles. The first-order chi connectivity index (χ1) is 6.56. The highest BCUT2D eigenvalue weighted by Gasteiger charge is 2.66. The van der Waals surface area contributed by atoms with Crippen LogP contribution in [0.1, 0.15) is 33.1 Å². The number of alkyl carbamates (subject to hydrolysis) is 1. The number of carbonyl (C=O) groups is 1. The van der Waals surface area contributed by atoms with Crippen LogP contribution in [-0.2, 0) is 4.74 Å². The highest BCUT2D eigenvalue weighted by molar-refractivity contribution is 5.71. The standard InChI is InChI=1S/C11H17NO2/c1-10(2)7-3-4-8(5-7)11(10)6-14-9(13)12-11/h7-8H,3-6H2,1-2H3,(H,12,13). The predicted octanol–water partition coefficient (Wildman–Crippen LogP) is 1.92. The minimum absolute atomic E-state index is 0.0486. The lowest BCUT2D eigenvalue weighted by Gasteiger charge is -2.45. The average molecular weight is 195 g/mol. The van der Waals surface area contributed by atoms with Gasteiger partial charge in [-0.15, -0.1) is 0 Å². The van der Waals surface area contributed by atoms with E-state index in [2.05, 4.69) is 19.2 Å². The lowest BCUT2D eigenvalue weighted by Crippen LogP contribution is -2.58. The molecule has 14 heavy (non-hydrogen) atoms. The van der Waals surface area contributed by atoms with E-state index in [-0.39, 0.29) is 17.0 Å². The molecule has 0 aromatic rings. The van der Waals surface area contributed by atoms with E-state index in [1.807, 2.05) is 0 Å². The van der Waals surface area contributed by atoms with E-state index in [9.17, 15) is 4.79 Å². The smallest absolute Gasteiger partial charge is 0.407 e. The summed E-state index contributed by atoms with van der Waals surface area (Å²) in [5, 5.41) is 3.09. The number of carbonyl (C=O) groups excluding carboxylic acids is 1. The van der Waals surface area contributed by atoms with Crippen LogP contribution in [0.4, 0.5) is 4.79 Å². The van der Waals surface area contributed by atoms with Crippen molar-refractivity contribution in [3.8, 4) is 0 Å². The van der Waals surface area contributed by atoms with E-state index >= 15 is 0 Å². The second-order valence-electron chi connectivity index (χ2n) is 5.60. The molecule has 3 heteroatoms. The van der Waals surface area contributed by atoms with Gasteiger partial charge in [0, 0.05) is 0 Å². The first kappa shape index (κ1) is 8.57. The molecule has 1 saturated heterocycles. The van der Waals surface area contributed by atoms with Crippen molar-refractivity contribution in [2.75, 3.05) is 6.61 Å². The average Bonchev–Trinajstić information content (AvgIpc) is 2.72. The molecular formula is C11H17NO2. The van der Waals surface area contributed by atoms with Gasteiger partial charge in [-0.2, -0.15) is 0 Å². The molecule has 0 aromatic carbocycles. The summed E-state index contributed by atoms with van der Waals surface area (Å²) in [5.41, 5.74) is 0.162. The Bertz CT molecular complexity index is 300. The highest BCUT2D eigenvalue weighted by atomic mass is 16.6.